The molecule has 0 aromatic carbocycles. The van der Waals surface area contributed by atoms with Crippen molar-refractivity contribution >= 4 is 0 Å². The Labute approximate surface area is 104 Å². The summed E-state index contributed by atoms with van der Waals surface area (Å²) in [6.07, 6.45) is 9.15. The first-order chi connectivity index (χ1) is 8.40. The second-order valence-electron chi connectivity index (χ2n) is 5.73. The second-order valence-corrected chi connectivity index (χ2v) is 5.73. The van der Waals surface area contributed by atoms with Gasteiger partial charge in [0.25, 0.3) is 0 Å². The molecule has 0 N–H and O–H groups in total. The molecule has 17 heavy (non-hydrogen) atoms. The SMILES string of the molecule is N#CC1CCCCC1N1CCOC2CCCC21. The van der Waals surface area contributed by atoms with Crippen molar-refractivity contribution in [2.45, 2.75) is 63.1 Å². The third-order valence-corrected chi connectivity index (χ3v) is 4.85. The highest BCUT2D eigenvalue weighted by molar-refractivity contribution is 5.00. The molecule has 4 unspecified atom stereocenters. The average molecular weight is 234 g/mol. The summed E-state index contributed by atoms with van der Waals surface area (Å²) in [7, 11) is 0. The zero-order valence-corrected chi connectivity index (χ0v) is 10.5. The molecule has 0 amide bonds. The first-order valence-electron chi connectivity index (χ1n) is 7.17. The van der Waals surface area contributed by atoms with Gasteiger partial charge in [0.05, 0.1) is 24.7 Å². The van der Waals surface area contributed by atoms with E-state index in [-0.39, 0.29) is 5.92 Å². The fourth-order valence-corrected chi connectivity index (χ4v) is 4.03. The monoisotopic (exact) mass is 234 g/mol. The van der Waals surface area contributed by atoms with Gasteiger partial charge in [-0.3, -0.25) is 4.90 Å². The predicted molar refractivity (Wildman–Crippen MR) is 65.4 cm³/mol. The van der Waals surface area contributed by atoms with Crippen molar-refractivity contribution in [1.29, 1.82) is 5.26 Å². The lowest BCUT2D eigenvalue weighted by molar-refractivity contribution is -0.0818. The van der Waals surface area contributed by atoms with Gasteiger partial charge in [0.2, 0.25) is 0 Å². The Morgan fingerprint density at radius 1 is 1.00 bits per heavy atom. The zero-order chi connectivity index (χ0) is 11.7. The van der Waals surface area contributed by atoms with Gasteiger partial charge < -0.3 is 4.74 Å². The molecule has 0 bridgehead atoms. The maximum absolute atomic E-state index is 9.32. The molecule has 1 heterocycles. The molecule has 3 heteroatoms. The topological polar surface area (TPSA) is 36.3 Å². The number of nitriles is 1. The first kappa shape index (κ1) is 11.5. The van der Waals surface area contributed by atoms with Crippen molar-refractivity contribution in [3.05, 3.63) is 0 Å². The van der Waals surface area contributed by atoms with E-state index in [0.29, 0.717) is 18.2 Å². The molecule has 2 aliphatic carbocycles. The number of fused-ring (bicyclic) bond motifs is 1. The van der Waals surface area contributed by atoms with Crippen LogP contribution in [0.2, 0.25) is 0 Å². The van der Waals surface area contributed by atoms with Gasteiger partial charge in [-0.15, -0.1) is 0 Å². The van der Waals surface area contributed by atoms with Crippen molar-refractivity contribution in [3.63, 3.8) is 0 Å². The third-order valence-electron chi connectivity index (χ3n) is 4.85. The molecule has 0 aromatic heterocycles. The van der Waals surface area contributed by atoms with Gasteiger partial charge >= 0.3 is 0 Å². The van der Waals surface area contributed by atoms with E-state index < -0.39 is 0 Å². The Balaban J connectivity index is 1.75. The molecule has 3 nitrogen and oxygen atoms in total. The van der Waals surface area contributed by atoms with Gasteiger partial charge in [0.15, 0.2) is 0 Å². The van der Waals surface area contributed by atoms with Crippen molar-refractivity contribution in [3.8, 4) is 6.07 Å². The van der Waals surface area contributed by atoms with Gasteiger partial charge in [-0.1, -0.05) is 12.8 Å². The predicted octanol–water partition coefficient (Wildman–Crippen LogP) is 2.32. The van der Waals surface area contributed by atoms with Crippen molar-refractivity contribution in [2.75, 3.05) is 13.2 Å². The minimum Gasteiger partial charge on any atom is -0.375 e. The number of ether oxygens (including phenoxy) is 1. The Kier molecular flexibility index (Phi) is 3.35. The van der Waals surface area contributed by atoms with Gasteiger partial charge in [0.1, 0.15) is 0 Å². The van der Waals surface area contributed by atoms with Crippen molar-refractivity contribution in [1.82, 2.24) is 4.90 Å². The van der Waals surface area contributed by atoms with Crippen molar-refractivity contribution in [2.24, 2.45) is 5.92 Å². The van der Waals surface area contributed by atoms with Crippen LogP contribution in [-0.2, 0) is 4.74 Å². The van der Waals surface area contributed by atoms with Crippen LogP contribution < -0.4 is 0 Å². The Morgan fingerprint density at radius 2 is 1.82 bits per heavy atom. The smallest absolute Gasteiger partial charge is 0.0731 e. The van der Waals surface area contributed by atoms with E-state index in [9.17, 15) is 5.26 Å². The van der Waals surface area contributed by atoms with Crippen LogP contribution in [0.3, 0.4) is 0 Å². The molecule has 2 saturated carbocycles. The van der Waals surface area contributed by atoms with Crippen LogP contribution in [0.15, 0.2) is 0 Å². The van der Waals surface area contributed by atoms with Gasteiger partial charge in [-0.25, -0.2) is 0 Å². The number of rotatable bonds is 1. The zero-order valence-electron chi connectivity index (χ0n) is 10.5. The molecule has 0 radical (unpaired) electrons. The fraction of sp³-hybridized carbons (Fsp3) is 0.929. The maximum atomic E-state index is 9.32. The van der Waals surface area contributed by atoms with E-state index in [2.05, 4.69) is 11.0 Å². The minimum atomic E-state index is 0.267. The molecule has 1 aliphatic heterocycles. The average Bonchev–Trinajstić information content (AvgIpc) is 2.86. The van der Waals surface area contributed by atoms with E-state index in [1.807, 2.05) is 0 Å². The van der Waals surface area contributed by atoms with E-state index in [1.54, 1.807) is 0 Å². The Morgan fingerprint density at radius 3 is 2.71 bits per heavy atom. The highest BCUT2D eigenvalue weighted by Gasteiger charge is 2.41. The van der Waals surface area contributed by atoms with Crippen molar-refractivity contribution < 1.29 is 4.74 Å². The summed E-state index contributed by atoms with van der Waals surface area (Å²) in [5.74, 6) is 0.267. The minimum absolute atomic E-state index is 0.267. The molecule has 0 aromatic rings. The van der Waals surface area contributed by atoms with Gasteiger partial charge in [-0.2, -0.15) is 5.26 Å². The van der Waals surface area contributed by atoms with Crippen LogP contribution in [-0.4, -0.2) is 36.2 Å². The standard InChI is InChI=1S/C14H22N2O/c15-10-11-4-1-2-5-12(11)16-8-9-17-14-7-3-6-13(14)16/h11-14H,1-9H2. The maximum Gasteiger partial charge on any atom is 0.0731 e. The molecular formula is C14H22N2O. The van der Waals surface area contributed by atoms with Crippen LogP contribution in [0.5, 0.6) is 0 Å². The van der Waals surface area contributed by atoms with E-state index in [1.165, 1.54) is 38.5 Å². The van der Waals surface area contributed by atoms with Crippen LogP contribution >= 0.6 is 0 Å². The lowest BCUT2D eigenvalue weighted by Gasteiger charge is -2.45. The molecule has 94 valence electrons. The van der Waals surface area contributed by atoms with Crippen LogP contribution in [0.4, 0.5) is 0 Å². The van der Waals surface area contributed by atoms with Gasteiger partial charge in [0, 0.05) is 18.6 Å². The fourth-order valence-electron chi connectivity index (χ4n) is 4.03. The highest BCUT2D eigenvalue weighted by Crippen LogP contribution is 2.36. The number of hydrogen-bond acceptors (Lipinski definition) is 3. The molecule has 0 spiro atoms. The van der Waals surface area contributed by atoms with Gasteiger partial charge in [-0.05, 0) is 32.1 Å². The van der Waals surface area contributed by atoms with Crippen LogP contribution in [0.25, 0.3) is 0 Å². The summed E-state index contributed by atoms with van der Waals surface area (Å²) in [6, 6.07) is 3.68. The second kappa shape index (κ2) is 4.96. The summed E-state index contributed by atoms with van der Waals surface area (Å²) in [6.45, 7) is 1.92. The molecular weight excluding hydrogens is 212 g/mol. The Bertz CT molecular complexity index is 312. The summed E-state index contributed by atoms with van der Waals surface area (Å²) < 4.78 is 5.87. The highest BCUT2D eigenvalue weighted by atomic mass is 16.5. The van der Waals surface area contributed by atoms with Crippen LogP contribution in [0, 0.1) is 17.2 Å². The summed E-state index contributed by atoms with van der Waals surface area (Å²) in [5, 5.41) is 9.32. The summed E-state index contributed by atoms with van der Waals surface area (Å²) in [5.41, 5.74) is 0. The lowest BCUT2D eigenvalue weighted by Crippen LogP contribution is -2.55. The number of hydrogen-bond donors (Lipinski definition) is 0. The largest absolute Gasteiger partial charge is 0.375 e. The normalized spacial score (nSPS) is 43.0. The summed E-state index contributed by atoms with van der Waals surface area (Å²) in [4.78, 5) is 2.63. The first-order valence-corrected chi connectivity index (χ1v) is 7.17. The van der Waals surface area contributed by atoms with E-state index in [4.69, 9.17) is 4.74 Å². The summed E-state index contributed by atoms with van der Waals surface area (Å²) >= 11 is 0. The lowest BCUT2D eigenvalue weighted by atomic mass is 9.83. The molecule has 4 atom stereocenters. The number of nitrogens with zero attached hydrogens (tertiary/aromatic N) is 2. The molecule has 3 aliphatic rings. The number of morpholine rings is 1. The quantitative estimate of drug-likeness (QED) is 0.698. The van der Waals surface area contributed by atoms with E-state index in [0.717, 1.165) is 19.6 Å². The molecule has 3 fully saturated rings. The third kappa shape index (κ3) is 2.09. The Hall–Kier alpha value is -0.590. The van der Waals surface area contributed by atoms with E-state index >= 15 is 0 Å². The van der Waals surface area contributed by atoms with Crippen LogP contribution in [0.1, 0.15) is 44.9 Å². The molecule has 1 saturated heterocycles. The molecule has 3 rings (SSSR count).